The van der Waals surface area contributed by atoms with E-state index in [1.165, 1.54) is 6.07 Å². The van der Waals surface area contributed by atoms with Crippen molar-refractivity contribution in [3.8, 4) is 0 Å². The molecule has 0 radical (unpaired) electrons. The minimum atomic E-state index is -3.77. The molecule has 0 bridgehead atoms. The van der Waals surface area contributed by atoms with Crippen LogP contribution in [0.25, 0.3) is 10.8 Å². The van der Waals surface area contributed by atoms with Crippen LogP contribution in [-0.4, -0.2) is 8.42 Å². The first kappa shape index (κ1) is 16.1. The second-order valence-corrected chi connectivity index (χ2v) is 7.63. The molecule has 0 aromatic heterocycles. The van der Waals surface area contributed by atoms with E-state index in [0.29, 0.717) is 16.3 Å². The Morgan fingerprint density at radius 2 is 1.57 bits per heavy atom. The summed E-state index contributed by atoms with van der Waals surface area (Å²) in [5, 5.41) is 2.32. The molecule has 3 rings (SSSR count). The molecule has 3 aromatic carbocycles. The summed E-state index contributed by atoms with van der Waals surface area (Å²) < 4.78 is 28.1. The van der Waals surface area contributed by atoms with Gasteiger partial charge in [-0.15, -0.1) is 0 Å². The average Bonchev–Trinajstić information content (AvgIpc) is 2.51. The molecule has 0 spiro atoms. The Morgan fingerprint density at radius 3 is 2.35 bits per heavy atom. The van der Waals surface area contributed by atoms with Gasteiger partial charge in [-0.3, -0.25) is 4.72 Å². The largest absolute Gasteiger partial charge is 0.279 e. The normalized spacial score (nSPS) is 11.6. The second-order valence-electron chi connectivity index (χ2n) is 5.16. The molecule has 0 heterocycles. The molecule has 23 heavy (non-hydrogen) atoms. The number of rotatable bonds is 3. The van der Waals surface area contributed by atoms with Gasteiger partial charge >= 0.3 is 0 Å². The Bertz CT molecular complexity index is 995. The van der Waals surface area contributed by atoms with Crippen molar-refractivity contribution in [1.29, 1.82) is 0 Å². The van der Waals surface area contributed by atoms with Crippen LogP contribution in [0.1, 0.15) is 5.56 Å². The molecule has 0 amide bonds. The number of anilines is 1. The Morgan fingerprint density at radius 1 is 0.913 bits per heavy atom. The maximum Gasteiger partial charge on any atom is 0.262 e. The van der Waals surface area contributed by atoms with Crippen molar-refractivity contribution >= 4 is 49.7 Å². The highest BCUT2D eigenvalue weighted by molar-refractivity contribution is 7.92. The third-order valence-electron chi connectivity index (χ3n) is 3.54. The molecule has 0 unspecified atom stereocenters. The quantitative estimate of drug-likeness (QED) is 0.688. The minimum absolute atomic E-state index is 0.111. The van der Waals surface area contributed by atoms with Gasteiger partial charge in [0.2, 0.25) is 0 Å². The molecule has 0 fully saturated rings. The van der Waals surface area contributed by atoms with Gasteiger partial charge in [0.1, 0.15) is 0 Å². The SMILES string of the molecule is Cc1cc(Cl)c(Cl)cc1S(=O)(=O)Nc1cccc2ccccc12. The van der Waals surface area contributed by atoms with Crippen LogP contribution >= 0.6 is 23.2 Å². The monoisotopic (exact) mass is 365 g/mol. The van der Waals surface area contributed by atoms with Crippen molar-refractivity contribution in [2.75, 3.05) is 4.72 Å². The number of nitrogens with one attached hydrogen (secondary N) is 1. The Balaban J connectivity index is 2.09. The number of hydrogen-bond donors (Lipinski definition) is 1. The third-order valence-corrected chi connectivity index (χ3v) is 5.77. The standard InChI is InChI=1S/C17H13Cl2NO2S/c1-11-9-14(18)15(19)10-17(11)23(21,22)20-16-8-4-6-12-5-2-3-7-13(12)16/h2-10,20H,1H3. The topological polar surface area (TPSA) is 46.2 Å². The lowest BCUT2D eigenvalue weighted by atomic mass is 10.1. The van der Waals surface area contributed by atoms with Crippen molar-refractivity contribution < 1.29 is 8.42 Å². The van der Waals surface area contributed by atoms with Crippen LogP contribution < -0.4 is 4.72 Å². The molecule has 1 N–H and O–H groups in total. The van der Waals surface area contributed by atoms with Crippen LogP contribution in [0.5, 0.6) is 0 Å². The van der Waals surface area contributed by atoms with E-state index in [9.17, 15) is 8.42 Å². The first-order chi connectivity index (χ1) is 10.9. The zero-order chi connectivity index (χ0) is 16.6. The summed E-state index contributed by atoms with van der Waals surface area (Å²) in [5.41, 5.74) is 1.06. The molecule has 3 aromatic rings. The van der Waals surface area contributed by atoms with Crippen LogP contribution in [-0.2, 0) is 10.0 Å². The lowest BCUT2D eigenvalue weighted by Gasteiger charge is -2.13. The summed E-state index contributed by atoms with van der Waals surface area (Å²) in [7, 11) is -3.77. The zero-order valence-electron chi connectivity index (χ0n) is 12.2. The smallest absolute Gasteiger partial charge is 0.262 e. The van der Waals surface area contributed by atoms with Crippen LogP contribution in [0.4, 0.5) is 5.69 Å². The molecule has 118 valence electrons. The highest BCUT2D eigenvalue weighted by Gasteiger charge is 2.19. The summed E-state index contributed by atoms with van der Waals surface area (Å²) in [6.45, 7) is 1.68. The molecule has 0 aliphatic heterocycles. The predicted octanol–water partition coefficient (Wildman–Crippen LogP) is 5.26. The van der Waals surface area contributed by atoms with Gasteiger partial charge in [-0.1, -0.05) is 59.6 Å². The van der Waals surface area contributed by atoms with E-state index in [2.05, 4.69) is 4.72 Å². The molecule has 0 atom stereocenters. The average molecular weight is 366 g/mol. The highest BCUT2D eigenvalue weighted by atomic mass is 35.5. The number of halogens is 2. The van der Waals surface area contributed by atoms with Gasteiger partial charge in [0.25, 0.3) is 10.0 Å². The van der Waals surface area contributed by atoms with Crippen LogP contribution in [0.3, 0.4) is 0 Å². The molecular weight excluding hydrogens is 353 g/mol. The van der Waals surface area contributed by atoms with Crippen molar-refractivity contribution in [1.82, 2.24) is 0 Å². The third kappa shape index (κ3) is 3.15. The van der Waals surface area contributed by atoms with Gasteiger partial charge in [-0.2, -0.15) is 0 Å². The number of hydrogen-bond acceptors (Lipinski definition) is 2. The molecular formula is C17H13Cl2NO2S. The van der Waals surface area contributed by atoms with Crippen molar-refractivity contribution in [3.05, 3.63) is 70.2 Å². The lowest BCUT2D eigenvalue weighted by Crippen LogP contribution is -2.14. The second kappa shape index (κ2) is 6.04. The van der Waals surface area contributed by atoms with Crippen LogP contribution in [0.2, 0.25) is 10.0 Å². The summed E-state index contributed by atoms with van der Waals surface area (Å²) >= 11 is 11.9. The summed E-state index contributed by atoms with van der Waals surface area (Å²) in [6, 6.07) is 15.9. The van der Waals surface area contributed by atoms with E-state index >= 15 is 0 Å². The van der Waals surface area contributed by atoms with Crippen molar-refractivity contribution in [3.63, 3.8) is 0 Å². The number of sulfonamides is 1. The summed E-state index contributed by atoms with van der Waals surface area (Å²) in [5.74, 6) is 0. The van der Waals surface area contributed by atoms with Crippen LogP contribution in [0, 0.1) is 6.92 Å². The van der Waals surface area contributed by atoms with Gasteiger partial charge in [0.15, 0.2) is 0 Å². The molecule has 6 heteroatoms. The fourth-order valence-corrected chi connectivity index (χ4v) is 4.21. The van der Waals surface area contributed by atoms with Gasteiger partial charge in [0, 0.05) is 5.39 Å². The fraction of sp³-hybridized carbons (Fsp3) is 0.0588. The van der Waals surface area contributed by atoms with E-state index in [4.69, 9.17) is 23.2 Å². The maximum atomic E-state index is 12.7. The van der Waals surface area contributed by atoms with E-state index in [0.717, 1.165) is 10.8 Å². The molecule has 0 aliphatic rings. The minimum Gasteiger partial charge on any atom is -0.279 e. The summed E-state index contributed by atoms with van der Waals surface area (Å²) in [6.07, 6.45) is 0. The van der Waals surface area contributed by atoms with E-state index in [1.54, 1.807) is 19.1 Å². The van der Waals surface area contributed by atoms with Gasteiger partial charge in [-0.25, -0.2) is 8.42 Å². The lowest BCUT2D eigenvalue weighted by molar-refractivity contribution is 0.600. The molecule has 0 saturated heterocycles. The number of fused-ring (bicyclic) bond motifs is 1. The van der Waals surface area contributed by atoms with Gasteiger partial charge in [-0.05, 0) is 36.1 Å². The predicted molar refractivity (Wildman–Crippen MR) is 96.0 cm³/mol. The molecule has 3 nitrogen and oxygen atoms in total. The fourth-order valence-electron chi connectivity index (χ4n) is 2.43. The van der Waals surface area contributed by atoms with E-state index in [-0.39, 0.29) is 9.92 Å². The summed E-state index contributed by atoms with van der Waals surface area (Å²) in [4.78, 5) is 0.111. The molecule has 0 aliphatic carbocycles. The Hall–Kier alpha value is -1.75. The van der Waals surface area contributed by atoms with E-state index in [1.807, 2.05) is 36.4 Å². The molecule has 0 saturated carbocycles. The van der Waals surface area contributed by atoms with E-state index < -0.39 is 10.0 Å². The number of benzene rings is 3. The zero-order valence-corrected chi connectivity index (χ0v) is 14.5. The van der Waals surface area contributed by atoms with Crippen LogP contribution in [0.15, 0.2) is 59.5 Å². The van der Waals surface area contributed by atoms with Gasteiger partial charge in [0.05, 0.1) is 20.6 Å². The highest BCUT2D eigenvalue weighted by Crippen LogP contribution is 2.30. The maximum absolute atomic E-state index is 12.7. The Labute approximate surface area is 144 Å². The Kier molecular flexibility index (Phi) is 4.23. The van der Waals surface area contributed by atoms with Crippen molar-refractivity contribution in [2.24, 2.45) is 0 Å². The first-order valence-corrected chi connectivity index (χ1v) is 9.08. The number of aryl methyl sites for hydroxylation is 1. The van der Waals surface area contributed by atoms with Crippen molar-refractivity contribution in [2.45, 2.75) is 11.8 Å². The first-order valence-electron chi connectivity index (χ1n) is 6.85. The van der Waals surface area contributed by atoms with Gasteiger partial charge < -0.3 is 0 Å².